The maximum absolute atomic E-state index is 8.58. The van der Waals surface area contributed by atoms with Crippen molar-refractivity contribution in [3.63, 3.8) is 0 Å². The molecular formula is C8H17BO2. The normalized spacial score (nSPS) is 19.1. The van der Waals surface area contributed by atoms with Gasteiger partial charge in [0, 0.05) is 0 Å². The second kappa shape index (κ2) is 4.78. The van der Waals surface area contributed by atoms with Crippen molar-refractivity contribution in [1.29, 1.82) is 0 Å². The summed E-state index contributed by atoms with van der Waals surface area (Å²) in [5.41, 5.74) is 0. The van der Waals surface area contributed by atoms with E-state index in [9.17, 15) is 0 Å². The SMILES string of the molecule is OB(O)CCCC1CCCC1. The minimum absolute atomic E-state index is 0.552. The smallest absolute Gasteiger partial charge is 0.427 e. The molecule has 0 amide bonds. The quantitative estimate of drug-likeness (QED) is 0.604. The van der Waals surface area contributed by atoms with Gasteiger partial charge in [0.2, 0.25) is 0 Å². The largest absolute Gasteiger partial charge is 0.451 e. The van der Waals surface area contributed by atoms with E-state index in [4.69, 9.17) is 10.0 Å². The van der Waals surface area contributed by atoms with Gasteiger partial charge in [-0.3, -0.25) is 0 Å². The fourth-order valence-electron chi connectivity index (χ4n) is 1.89. The van der Waals surface area contributed by atoms with E-state index >= 15 is 0 Å². The van der Waals surface area contributed by atoms with Crippen LogP contribution in [0.25, 0.3) is 0 Å². The third-order valence-electron chi connectivity index (χ3n) is 2.55. The minimum Gasteiger partial charge on any atom is -0.427 e. The van der Waals surface area contributed by atoms with Crippen LogP contribution in [0.1, 0.15) is 38.5 Å². The van der Waals surface area contributed by atoms with E-state index in [1.54, 1.807) is 0 Å². The van der Waals surface area contributed by atoms with Crippen LogP contribution in [0.2, 0.25) is 6.32 Å². The van der Waals surface area contributed by atoms with Gasteiger partial charge >= 0.3 is 7.12 Å². The first kappa shape index (κ1) is 9.08. The maximum atomic E-state index is 8.58. The molecule has 3 heteroatoms. The molecule has 0 aliphatic heterocycles. The molecule has 0 aromatic carbocycles. The van der Waals surface area contributed by atoms with Crippen molar-refractivity contribution < 1.29 is 10.0 Å². The molecule has 2 N–H and O–H groups in total. The second-order valence-corrected chi connectivity index (χ2v) is 3.56. The predicted molar refractivity (Wildman–Crippen MR) is 46.2 cm³/mol. The standard InChI is InChI=1S/C8H17BO2/c10-9(11)7-3-6-8-4-1-2-5-8/h8,10-11H,1-7H2. The lowest BCUT2D eigenvalue weighted by atomic mass is 9.82. The van der Waals surface area contributed by atoms with E-state index < -0.39 is 7.12 Å². The van der Waals surface area contributed by atoms with E-state index in [1.807, 2.05) is 0 Å². The predicted octanol–water partition coefficient (Wildman–Crippen LogP) is 1.43. The first-order valence-electron chi connectivity index (χ1n) is 4.65. The molecule has 1 aliphatic carbocycles. The first-order chi connectivity index (χ1) is 5.29. The van der Waals surface area contributed by atoms with Gasteiger partial charge in [0.1, 0.15) is 0 Å². The molecular weight excluding hydrogens is 139 g/mol. The molecule has 0 aromatic heterocycles. The van der Waals surface area contributed by atoms with Gasteiger partial charge < -0.3 is 10.0 Å². The van der Waals surface area contributed by atoms with Crippen molar-refractivity contribution >= 4 is 7.12 Å². The van der Waals surface area contributed by atoms with E-state index in [-0.39, 0.29) is 0 Å². The van der Waals surface area contributed by atoms with Crippen molar-refractivity contribution in [3.8, 4) is 0 Å². The Morgan fingerprint density at radius 3 is 2.36 bits per heavy atom. The Morgan fingerprint density at radius 1 is 1.18 bits per heavy atom. The summed E-state index contributed by atoms with van der Waals surface area (Å²) in [6.07, 6.45) is 8.21. The van der Waals surface area contributed by atoms with E-state index in [2.05, 4.69) is 0 Å². The van der Waals surface area contributed by atoms with Gasteiger partial charge in [-0.15, -0.1) is 0 Å². The fourth-order valence-corrected chi connectivity index (χ4v) is 1.89. The Labute approximate surface area is 68.8 Å². The van der Waals surface area contributed by atoms with E-state index in [0.717, 1.165) is 12.3 Å². The molecule has 0 unspecified atom stereocenters. The Morgan fingerprint density at radius 2 is 1.82 bits per heavy atom. The summed E-state index contributed by atoms with van der Waals surface area (Å²) in [5.74, 6) is 0.883. The monoisotopic (exact) mass is 156 g/mol. The highest BCUT2D eigenvalue weighted by Crippen LogP contribution is 2.28. The van der Waals surface area contributed by atoms with Crippen molar-refractivity contribution in [3.05, 3.63) is 0 Å². The van der Waals surface area contributed by atoms with Crippen LogP contribution < -0.4 is 0 Å². The molecule has 1 fully saturated rings. The topological polar surface area (TPSA) is 40.5 Å². The lowest BCUT2D eigenvalue weighted by Crippen LogP contribution is -2.10. The van der Waals surface area contributed by atoms with Gasteiger partial charge in [-0.05, 0) is 12.2 Å². The summed E-state index contributed by atoms with van der Waals surface area (Å²) in [7, 11) is -1.09. The third-order valence-corrected chi connectivity index (χ3v) is 2.55. The van der Waals surface area contributed by atoms with Crippen LogP contribution in [0, 0.1) is 5.92 Å². The van der Waals surface area contributed by atoms with Gasteiger partial charge in [0.25, 0.3) is 0 Å². The zero-order valence-corrected chi connectivity index (χ0v) is 7.00. The average Bonchev–Trinajstić information content (AvgIpc) is 2.39. The fraction of sp³-hybridized carbons (Fsp3) is 1.00. The van der Waals surface area contributed by atoms with Crippen LogP contribution in [-0.4, -0.2) is 17.2 Å². The Hall–Kier alpha value is -0.0151. The molecule has 0 saturated heterocycles. The molecule has 1 rings (SSSR count). The summed E-state index contributed by atoms with van der Waals surface area (Å²) >= 11 is 0. The molecule has 11 heavy (non-hydrogen) atoms. The molecule has 0 atom stereocenters. The van der Waals surface area contributed by atoms with Gasteiger partial charge in [-0.25, -0.2) is 0 Å². The molecule has 0 radical (unpaired) electrons. The summed E-state index contributed by atoms with van der Waals surface area (Å²) in [4.78, 5) is 0. The molecule has 1 aliphatic rings. The Kier molecular flexibility index (Phi) is 3.94. The minimum atomic E-state index is -1.09. The van der Waals surface area contributed by atoms with Crippen LogP contribution >= 0.6 is 0 Å². The highest BCUT2D eigenvalue weighted by atomic mass is 16.4. The van der Waals surface area contributed by atoms with Crippen LogP contribution in [0.4, 0.5) is 0 Å². The zero-order valence-electron chi connectivity index (χ0n) is 7.00. The number of hydrogen-bond donors (Lipinski definition) is 2. The Balaban J connectivity index is 1.94. The average molecular weight is 156 g/mol. The zero-order chi connectivity index (χ0) is 8.10. The van der Waals surface area contributed by atoms with Crippen LogP contribution in [0.15, 0.2) is 0 Å². The van der Waals surface area contributed by atoms with Crippen LogP contribution in [-0.2, 0) is 0 Å². The number of hydrogen-bond acceptors (Lipinski definition) is 2. The summed E-state index contributed by atoms with van der Waals surface area (Å²) < 4.78 is 0. The van der Waals surface area contributed by atoms with Gasteiger partial charge in [-0.2, -0.15) is 0 Å². The van der Waals surface area contributed by atoms with Crippen molar-refractivity contribution in [1.82, 2.24) is 0 Å². The highest BCUT2D eigenvalue weighted by Gasteiger charge is 2.15. The van der Waals surface area contributed by atoms with Crippen LogP contribution in [0.5, 0.6) is 0 Å². The maximum Gasteiger partial charge on any atom is 0.451 e. The Bertz CT molecular complexity index is 100. The highest BCUT2D eigenvalue weighted by molar-refractivity contribution is 6.40. The van der Waals surface area contributed by atoms with Gasteiger partial charge in [-0.1, -0.05) is 38.5 Å². The van der Waals surface area contributed by atoms with Gasteiger partial charge in [0.05, 0.1) is 0 Å². The molecule has 0 heterocycles. The summed E-state index contributed by atoms with van der Waals surface area (Å²) in [5, 5.41) is 17.2. The third kappa shape index (κ3) is 3.78. The van der Waals surface area contributed by atoms with Crippen LogP contribution in [0.3, 0.4) is 0 Å². The molecule has 0 bridgehead atoms. The molecule has 2 nitrogen and oxygen atoms in total. The van der Waals surface area contributed by atoms with E-state index in [1.165, 1.54) is 32.1 Å². The first-order valence-corrected chi connectivity index (χ1v) is 4.65. The molecule has 0 spiro atoms. The number of rotatable bonds is 4. The lowest BCUT2D eigenvalue weighted by Gasteiger charge is -2.06. The molecule has 0 aromatic rings. The second-order valence-electron chi connectivity index (χ2n) is 3.56. The summed E-state index contributed by atoms with van der Waals surface area (Å²) in [6, 6.07) is 0. The lowest BCUT2D eigenvalue weighted by molar-refractivity contribution is 0.395. The van der Waals surface area contributed by atoms with Crippen molar-refractivity contribution in [2.75, 3.05) is 0 Å². The molecule has 1 saturated carbocycles. The van der Waals surface area contributed by atoms with E-state index in [0.29, 0.717) is 6.32 Å². The van der Waals surface area contributed by atoms with Crippen molar-refractivity contribution in [2.45, 2.75) is 44.8 Å². The molecule has 64 valence electrons. The van der Waals surface area contributed by atoms with Gasteiger partial charge in [0.15, 0.2) is 0 Å². The van der Waals surface area contributed by atoms with Crippen molar-refractivity contribution in [2.24, 2.45) is 5.92 Å². The summed E-state index contributed by atoms with van der Waals surface area (Å²) in [6.45, 7) is 0.